The summed E-state index contributed by atoms with van der Waals surface area (Å²) in [5.74, 6) is 1.66. The fourth-order valence-corrected chi connectivity index (χ4v) is 2.51. The van der Waals surface area contributed by atoms with Crippen LogP contribution >= 0.6 is 11.8 Å². The molecule has 14 heavy (non-hydrogen) atoms. The lowest BCUT2D eigenvalue weighted by molar-refractivity contribution is -0.142. The number of hydrogen-bond acceptors (Lipinski definition) is 3. The lowest BCUT2D eigenvalue weighted by atomic mass is 10.2. The molecule has 0 amide bonds. The molecular formula is C10H19NO2S. The van der Waals surface area contributed by atoms with Gasteiger partial charge in [0.15, 0.2) is 0 Å². The highest BCUT2D eigenvalue weighted by molar-refractivity contribution is 7.99. The van der Waals surface area contributed by atoms with Gasteiger partial charge in [0.1, 0.15) is 6.04 Å². The molecular weight excluding hydrogens is 198 g/mol. The predicted molar refractivity (Wildman–Crippen MR) is 59.8 cm³/mol. The molecule has 3 nitrogen and oxygen atoms in total. The van der Waals surface area contributed by atoms with E-state index in [0.29, 0.717) is 0 Å². The molecule has 0 radical (unpaired) electrons. The van der Waals surface area contributed by atoms with Crippen LogP contribution in [0.15, 0.2) is 0 Å². The summed E-state index contributed by atoms with van der Waals surface area (Å²) >= 11 is 1.93. The zero-order valence-electron chi connectivity index (χ0n) is 8.74. The van der Waals surface area contributed by atoms with E-state index in [-0.39, 0.29) is 6.04 Å². The maximum Gasteiger partial charge on any atom is 0.320 e. The Morgan fingerprint density at radius 3 is 3.07 bits per heavy atom. The van der Waals surface area contributed by atoms with Crippen LogP contribution in [0, 0.1) is 0 Å². The summed E-state index contributed by atoms with van der Waals surface area (Å²) in [6.07, 6.45) is 2.98. The standard InChI is InChI=1S/C10H19NO2S/c1-2-14-8-4-7-11-6-3-5-9(11)10(12)13/h9H,2-8H2,1H3,(H,12,13). The minimum Gasteiger partial charge on any atom is -0.480 e. The highest BCUT2D eigenvalue weighted by Crippen LogP contribution is 2.17. The Labute approximate surface area is 89.9 Å². The molecule has 82 valence electrons. The van der Waals surface area contributed by atoms with E-state index in [1.54, 1.807) is 0 Å². The predicted octanol–water partition coefficient (Wildman–Crippen LogP) is 1.68. The summed E-state index contributed by atoms with van der Waals surface area (Å²) in [5.41, 5.74) is 0. The van der Waals surface area contributed by atoms with E-state index in [0.717, 1.165) is 43.9 Å². The van der Waals surface area contributed by atoms with Crippen molar-refractivity contribution in [2.75, 3.05) is 24.6 Å². The van der Waals surface area contributed by atoms with Crippen molar-refractivity contribution >= 4 is 17.7 Å². The van der Waals surface area contributed by atoms with Gasteiger partial charge in [0.2, 0.25) is 0 Å². The van der Waals surface area contributed by atoms with Crippen molar-refractivity contribution in [3.05, 3.63) is 0 Å². The average Bonchev–Trinajstić information content (AvgIpc) is 2.60. The lowest BCUT2D eigenvalue weighted by Gasteiger charge is -2.20. The Morgan fingerprint density at radius 1 is 1.64 bits per heavy atom. The van der Waals surface area contributed by atoms with Crippen LogP contribution in [0.25, 0.3) is 0 Å². The molecule has 1 saturated heterocycles. The summed E-state index contributed by atoms with van der Waals surface area (Å²) in [6.45, 7) is 4.07. The Morgan fingerprint density at radius 2 is 2.43 bits per heavy atom. The second-order valence-electron chi connectivity index (χ2n) is 3.58. The minimum atomic E-state index is -0.648. The molecule has 1 aliphatic rings. The summed E-state index contributed by atoms with van der Waals surface area (Å²) in [5, 5.41) is 8.94. The normalized spacial score (nSPS) is 22.8. The number of carboxylic acids is 1. The van der Waals surface area contributed by atoms with Crippen LogP contribution in [0.2, 0.25) is 0 Å². The number of aliphatic carboxylic acids is 1. The first-order chi connectivity index (χ1) is 6.75. The minimum absolute atomic E-state index is 0.207. The lowest BCUT2D eigenvalue weighted by Crippen LogP contribution is -2.36. The zero-order valence-corrected chi connectivity index (χ0v) is 9.55. The van der Waals surface area contributed by atoms with Gasteiger partial charge in [-0.3, -0.25) is 9.69 Å². The number of rotatable bonds is 6. The highest BCUT2D eigenvalue weighted by atomic mass is 32.2. The maximum atomic E-state index is 10.9. The molecule has 1 rings (SSSR count). The van der Waals surface area contributed by atoms with Gasteiger partial charge in [-0.25, -0.2) is 0 Å². The Kier molecular flexibility index (Phi) is 5.33. The average molecular weight is 217 g/mol. The molecule has 0 aliphatic carbocycles. The number of thioether (sulfide) groups is 1. The molecule has 1 unspecified atom stereocenters. The Hall–Kier alpha value is -0.220. The smallest absolute Gasteiger partial charge is 0.320 e. The van der Waals surface area contributed by atoms with Gasteiger partial charge in [-0.15, -0.1) is 0 Å². The van der Waals surface area contributed by atoms with E-state index in [1.807, 2.05) is 11.8 Å². The van der Waals surface area contributed by atoms with Gasteiger partial charge in [0.05, 0.1) is 0 Å². The number of nitrogens with zero attached hydrogens (tertiary/aromatic N) is 1. The van der Waals surface area contributed by atoms with Crippen molar-refractivity contribution in [2.45, 2.75) is 32.2 Å². The Balaban J connectivity index is 2.19. The van der Waals surface area contributed by atoms with E-state index < -0.39 is 5.97 Å². The van der Waals surface area contributed by atoms with Crippen LogP contribution in [0.4, 0.5) is 0 Å². The van der Waals surface area contributed by atoms with Crippen LogP contribution < -0.4 is 0 Å². The van der Waals surface area contributed by atoms with Crippen LogP contribution in [-0.2, 0) is 4.79 Å². The van der Waals surface area contributed by atoms with E-state index in [9.17, 15) is 4.79 Å². The fourth-order valence-electron chi connectivity index (χ4n) is 1.89. The van der Waals surface area contributed by atoms with E-state index >= 15 is 0 Å². The van der Waals surface area contributed by atoms with Crippen molar-refractivity contribution < 1.29 is 9.90 Å². The van der Waals surface area contributed by atoms with E-state index in [1.165, 1.54) is 0 Å². The zero-order chi connectivity index (χ0) is 10.4. The van der Waals surface area contributed by atoms with Crippen molar-refractivity contribution in [3.8, 4) is 0 Å². The van der Waals surface area contributed by atoms with Crippen LogP contribution in [-0.4, -0.2) is 46.6 Å². The number of carbonyl (C=O) groups is 1. The molecule has 1 aliphatic heterocycles. The molecule has 1 heterocycles. The fraction of sp³-hybridized carbons (Fsp3) is 0.900. The second-order valence-corrected chi connectivity index (χ2v) is 4.98. The van der Waals surface area contributed by atoms with Gasteiger partial charge in [0, 0.05) is 0 Å². The molecule has 0 aromatic heterocycles. The largest absolute Gasteiger partial charge is 0.480 e. The van der Waals surface area contributed by atoms with Crippen LogP contribution in [0.5, 0.6) is 0 Å². The van der Waals surface area contributed by atoms with Gasteiger partial charge in [0.25, 0.3) is 0 Å². The van der Waals surface area contributed by atoms with Crippen LogP contribution in [0.3, 0.4) is 0 Å². The Bertz CT molecular complexity index is 187. The van der Waals surface area contributed by atoms with Crippen LogP contribution in [0.1, 0.15) is 26.2 Å². The topological polar surface area (TPSA) is 40.5 Å². The molecule has 0 aromatic rings. The summed E-state index contributed by atoms with van der Waals surface area (Å²) < 4.78 is 0. The third-order valence-corrected chi connectivity index (χ3v) is 3.57. The van der Waals surface area contributed by atoms with Crippen molar-refractivity contribution in [2.24, 2.45) is 0 Å². The third-order valence-electron chi connectivity index (χ3n) is 2.59. The van der Waals surface area contributed by atoms with Crippen molar-refractivity contribution in [3.63, 3.8) is 0 Å². The molecule has 0 bridgehead atoms. The van der Waals surface area contributed by atoms with Gasteiger partial charge in [-0.2, -0.15) is 11.8 Å². The first-order valence-electron chi connectivity index (χ1n) is 5.30. The van der Waals surface area contributed by atoms with Gasteiger partial charge < -0.3 is 5.11 Å². The van der Waals surface area contributed by atoms with E-state index in [4.69, 9.17) is 5.11 Å². The van der Waals surface area contributed by atoms with Gasteiger partial charge in [-0.05, 0) is 43.9 Å². The molecule has 0 aromatic carbocycles. The van der Waals surface area contributed by atoms with E-state index in [2.05, 4.69) is 11.8 Å². The molecule has 0 saturated carbocycles. The van der Waals surface area contributed by atoms with Gasteiger partial charge >= 0.3 is 5.97 Å². The number of carboxylic acid groups (broad SMARTS) is 1. The second kappa shape index (κ2) is 6.30. The number of hydrogen-bond donors (Lipinski definition) is 1. The highest BCUT2D eigenvalue weighted by Gasteiger charge is 2.29. The number of likely N-dealkylation sites (tertiary alicyclic amines) is 1. The first-order valence-corrected chi connectivity index (χ1v) is 6.45. The molecule has 1 atom stereocenters. The monoisotopic (exact) mass is 217 g/mol. The molecule has 4 heteroatoms. The third kappa shape index (κ3) is 3.50. The van der Waals surface area contributed by atoms with Gasteiger partial charge in [-0.1, -0.05) is 6.92 Å². The van der Waals surface area contributed by atoms with Crippen molar-refractivity contribution in [1.29, 1.82) is 0 Å². The first kappa shape index (κ1) is 11.9. The summed E-state index contributed by atoms with van der Waals surface area (Å²) in [4.78, 5) is 13.0. The molecule has 1 N–H and O–H groups in total. The summed E-state index contributed by atoms with van der Waals surface area (Å²) in [6, 6.07) is -0.207. The molecule has 0 spiro atoms. The maximum absolute atomic E-state index is 10.9. The summed E-state index contributed by atoms with van der Waals surface area (Å²) in [7, 11) is 0. The quantitative estimate of drug-likeness (QED) is 0.687. The molecule has 1 fully saturated rings. The van der Waals surface area contributed by atoms with Crippen molar-refractivity contribution in [1.82, 2.24) is 4.90 Å². The SMILES string of the molecule is CCSCCCN1CCCC1C(=O)O.